The van der Waals surface area contributed by atoms with Crippen LogP contribution in [0.25, 0.3) is 0 Å². The fourth-order valence-electron chi connectivity index (χ4n) is 6.96. The minimum atomic E-state index is -0.157. The van der Waals surface area contributed by atoms with Crippen LogP contribution in [0.15, 0.2) is 24.3 Å². The summed E-state index contributed by atoms with van der Waals surface area (Å²) < 4.78 is 18.3. The largest absolute Gasteiger partial charge is 0.463 e. The average molecular weight is 749 g/mol. The highest BCUT2D eigenvalue weighted by atomic mass is 32.1. The molecule has 52 heavy (non-hydrogen) atoms. The molecule has 0 atom stereocenters. The Morgan fingerprint density at radius 2 is 0.904 bits per heavy atom. The minimum Gasteiger partial charge on any atom is -0.463 e. The molecule has 1 saturated heterocycles. The van der Waals surface area contributed by atoms with E-state index >= 15 is 0 Å². The molecule has 0 unspecified atom stereocenters. The first-order chi connectivity index (χ1) is 25.8. The van der Waals surface area contributed by atoms with Crippen LogP contribution >= 0.6 is 12.2 Å². The molecule has 0 aromatic carbocycles. The zero-order valence-corrected chi connectivity index (χ0v) is 35.7. The average Bonchev–Trinajstić information content (AvgIpc) is 3.67. The summed E-state index contributed by atoms with van der Waals surface area (Å²) in [7, 11) is 0. The molecule has 1 rings (SSSR count). The normalized spacial score (nSPS) is 14.3. The Labute approximate surface area is 330 Å². The van der Waals surface area contributed by atoms with Gasteiger partial charge in [0.25, 0.3) is 5.17 Å². The lowest BCUT2D eigenvalue weighted by atomic mass is 10.1. The van der Waals surface area contributed by atoms with Crippen molar-refractivity contribution in [3.63, 3.8) is 0 Å². The quantitative estimate of drug-likeness (QED) is 0.0382. The Balaban J connectivity index is 2.08. The van der Waals surface area contributed by atoms with Crippen molar-refractivity contribution >= 4 is 17.4 Å². The molecule has 1 heterocycles. The molecule has 0 radical (unpaired) electrons. The van der Waals surface area contributed by atoms with Crippen LogP contribution in [-0.2, 0) is 14.2 Å². The first kappa shape index (κ1) is 49.1. The summed E-state index contributed by atoms with van der Waals surface area (Å²) in [6.45, 7) is 11.5. The van der Waals surface area contributed by atoms with Gasteiger partial charge in [-0.15, -0.1) is 0 Å². The van der Waals surface area contributed by atoms with Crippen molar-refractivity contribution in [2.24, 2.45) is 0 Å². The summed E-state index contributed by atoms with van der Waals surface area (Å²) in [5.74, 6) is 0. The van der Waals surface area contributed by atoms with Gasteiger partial charge in [-0.1, -0.05) is 154 Å². The van der Waals surface area contributed by atoms with Crippen molar-refractivity contribution < 1.29 is 14.2 Å². The number of thiocarbonyl (C=S) groups is 1. The number of unbranched alkanes of at least 4 members (excludes halogenated alkanes) is 24. The molecular formula is C46H88N2O3S. The predicted octanol–water partition coefficient (Wildman–Crippen LogP) is 13.5. The van der Waals surface area contributed by atoms with Gasteiger partial charge < -0.3 is 24.4 Å². The number of nitrogens with one attached hydrogen (secondary N) is 1. The molecule has 5 nitrogen and oxygen atoms in total. The molecule has 0 saturated carbocycles. The third-order valence-corrected chi connectivity index (χ3v) is 10.6. The second-order valence-corrected chi connectivity index (χ2v) is 15.9. The first-order valence-electron chi connectivity index (χ1n) is 22.9. The lowest BCUT2D eigenvalue weighted by Crippen LogP contribution is -2.37. The fourth-order valence-corrected chi connectivity index (χ4v) is 7.20. The maximum absolute atomic E-state index is 6.12. The number of hydrogen-bond donors (Lipinski definition) is 1. The van der Waals surface area contributed by atoms with Crippen molar-refractivity contribution in [2.75, 3.05) is 52.6 Å². The zero-order chi connectivity index (χ0) is 37.3. The van der Waals surface area contributed by atoms with E-state index in [9.17, 15) is 0 Å². The van der Waals surface area contributed by atoms with Gasteiger partial charge in [0, 0.05) is 26.3 Å². The molecule has 6 heteroatoms. The molecule has 1 aliphatic rings. The third-order valence-electron chi connectivity index (χ3n) is 10.4. The molecule has 306 valence electrons. The topological polar surface area (TPSA) is 43.0 Å². The van der Waals surface area contributed by atoms with E-state index in [1.54, 1.807) is 0 Å². The van der Waals surface area contributed by atoms with Crippen LogP contribution in [0, 0.1) is 0 Å². The molecule has 1 N–H and O–H groups in total. The summed E-state index contributed by atoms with van der Waals surface area (Å²) in [6.07, 6.45) is 49.1. The second-order valence-electron chi connectivity index (χ2n) is 15.5. The van der Waals surface area contributed by atoms with E-state index in [1.165, 1.54) is 193 Å². The van der Waals surface area contributed by atoms with Gasteiger partial charge >= 0.3 is 0 Å². The van der Waals surface area contributed by atoms with Crippen LogP contribution in [0.5, 0.6) is 0 Å². The maximum Gasteiger partial charge on any atom is 0.257 e. The van der Waals surface area contributed by atoms with Crippen molar-refractivity contribution in [1.29, 1.82) is 0 Å². The summed E-state index contributed by atoms with van der Waals surface area (Å²) in [5, 5.41) is 3.79. The highest BCUT2D eigenvalue weighted by Gasteiger charge is 2.15. The van der Waals surface area contributed by atoms with Gasteiger partial charge in [-0.25, -0.2) is 0 Å². The monoisotopic (exact) mass is 749 g/mol. The van der Waals surface area contributed by atoms with Gasteiger partial charge in [-0.2, -0.15) is 0 Å². The number of allylic oxidation sites excluding steroid dienone is 4. The third kappa shape index (κ3) is 36.0. The molecule has 1 aliphatic heterocycles. The van der Waals surface area contributed by atoms with E-state index in [0.717, 1.165) is 39.1 Å². The van der Waals surface area contributed by atoms with Gasteiger partial charge in [0.2, 0.25) is 0 Å². The molecule has 0 aromatic heterocycles. The number of rotatable bonds is 40. The van der Waals surface area contributed by atoms with Gasteiger partial charge in [0.1, 0.15) is 6.10 Å². The lowest BCUT2D eigenvalue weighted by Gasteiger charge is -2.21. The maximum atomic E-state index is 6.12. The van der Waals surface area contributed by atoms with Gasteiger partial charge in [-0.3, -0.25) is 0 Å². The molecule has 0 amide bonds. The Morgan fingerprint density at radius 3 is 1.31 bits per heavy atom. The summed E-state index contributed by atoms with van der Waals surface area (Å²) in [5.41, 5.74) is 0. The highest BCUT2D eigenvalue weighted by molar-refractivity contribution is 7.80. The van der Waals surface area contributed by atoms with Crippen LogP contribution in [0.3, 0.4) is 0 Å². The van der Waals surface area contributed by atoms with Crippen molar-refractivity contribution in [2.45, 2.75) is 213 Å². The smallest absolute Gasteiger partial charge is 0.257 e. The van der Waals surface area contributed by atoms with E-state index in [2.05, 4.69) is 48.4 Å². The molecule has 0 aromatic rings. The van der Waals surface area contributed by atoms with Gasteiger partial charge in [0.15, 0.2) is 0 Å². The SMILES string of the molecule is CCCCCCCCC=CCCCCCCCCOCC(COCCCCCCCCC=CCCCCCCCC)OC(=S)NCCN1CCCC1. The summed E-state index contributed by atoms with van der Waals surface area (Å²) in [6, 6.07) is 0. The van der Waals surface area contributed by atoms with E-state index in [1.807, 2.05) is 0 Å². The van der Waals surface area contributed by atoms with E-state index < -0.39 is 0 Å². The number of hydrogen-bond acceptors (Lipinski definition) is 5. The molecule has 0 aliphatic carbocycles. The van der Waals surface area contributed by atoms with Crippen LogP contribution in [-0.4, -0.2) is 68.8 Å². The summed E-state index contributed by atoms with van der Waals surface area (Å²) in [4.78, 5) is 2.49. The van der Waals surface area contributed by atoms with Crippen molar-refractivity contribution in [3.8, 4) is 0 Å². The van der Waals surface area contributed by atoms with E-state index in [4.69, 9.17) is 26.4 Å². The number of ether oxygens (including phenoxy) is 3. The fraction of sp³-hybridized carbons (Fsp3) is 0.891. The molecule has 0 spiro atoms. The Morgan fingerprint density at radius 1 is 0.538 bits per heavy atom. The second kappa shape index (κ2) is 41.2. The minimum absolute atomic E-state index is 0.157. The molecular weight excluding hydrogens is 661 g/mol. The van der Waals surface area contributed by atoms with Gasteiger partial charge in [-0.05, 0) is 102 Å². The molecule has 0 bridgehead atoms. The Kier molecular flexibility index (Phi) is 38.9. The Hall–Kier alpha value is -0.950. The van der Waals surface area contributed by atoms with E-state index in [-0.39, 0.29) is 6.10 Å². The zero-order valence-electron chi connectivity index (χ0n) is 34.8. The van der Waals surface area contributed by atoms with Crippen LogP contribution in [0.1, 0.15) is 206 Å². The number of likely N-dealkylation sites (tertiary alicyclic amines) is 1. The van der Waals surface area contributed by atoms with Crippen molar-refractivity contribution in [1.82, 2.24) is 10.2 Å². The summed E-state index contributed by atoms with van der Waals surface area (Å²) >= 11 is 5.55. The standard InChI is InChI=1S/C46H88N2O3S/c1-3-5-7-9-11-13-15-17-19-21-23-25-27-29-31-35-41-49-43-45(51-46(52)47-37-40-48-38-33-34-39-48)44-50-42-36-32-30-28-26-24-22-20-18-16-14-12-10-8-6-4-2/h17-20,45H,3-16,21-44H2,1-2H3,(H,47,52). The van der Waals surface area contributed by atoms with Crippen LogP contribution in [0.2, 0.25) is 0 Å². The molecule has 1 fully saturated rings. The van der Waals surface area contributed by atoms with Gasteiger partial charge in [0.05, 0.1) is 13.2 Å². The lowest BCUT2D eigenvalue weighted by molar-refractivity contribution is -0.0138. The van der Waals surface area contributed by atoms with E-state index in [0.29, 0.717) is 18.4 Å². The highest BCUT2D eigenvalue weighted by Crippen LogP contribution is 2.12. The van der Waals surface area contributed by atoms with Crippen LogP contribution < -0.4 is 5.32 Å². The number of nitrogens with zero attached hydrogens (tertiary/aromatic N) is 1. The predicted molar refractivity (Wildman–Crippen MR) is 232 cm³/mol. The van der Waals surface area contributed by atoms with Crippen molar-refractivity contribution in [3.05, 3.63) is 24.3 Å². The van der Waals surface area contributed by atoms with Crippen LogP contribution in [0.4, 0.5) is 0 Å². The Bertz CT molecular complexity index is 740. The first-order valence-corrected chi connectivity index (χ1v) is 23.3.